The molecule has 2 N–H and O–H groups in total. The summed E-state index contributed by atoms with van der Waals surface area (Å²) in [6.07, 6.45) is -4.21. The Morgan fingerprint density at radius 1 is 1.44 bits per heavy atom. The average molecular weight is 356 g/mol. The zero-order chi connectivity index (χ0) is 18.0. The summed E-state index contributed by atoms with van der Waals surface area (Å²) >= 11 is 0. The first-order valence-corrected chi connectivity index (χ1v) is 7.95. The van der Waals surface area contributed by atoms with Crippen LogP contribution >= 0.6 is 0 Å². The first-order chi connectivity index (χ1) is 11.9. The van der Waals surface area contributed by atoms with E-state index in [0.29, 0.717) is 18.7 Å². The monoisotopic (exact) mass is 356 g/mol. The normalized spacial score (nSPS) is 20.1. The second-order valence-electron chi connectivity index (χ2n) is 6.09. The molecule has 1 fully saturated rings. The van der Waals surface area contributed by atoms with Gasteiger partial charge in [-0.05, 0) is 25.1 Å². The molecule has 3 rings (SSSR count). The number of likely N-dealkylation sites (N-methyl/N-ethyl adjacent to an activating group) is 1. The van der Waals surface area contributed by atoms with E-state index < -0.39 is 12.1 Å². The number of aromatic nitrogens is 2. The van der Waals surface area contributed by atoms with E-state index in [1.165, 1.54) is 0 Å². The molecule has 9 heteroatoms. The van der Waals surface area contributed by atoms with Crippen LogP contribution in [-0.4, -0.2) is 52.9 Å². The maximum atomic E-state index is 12.6. The predicted octanol–water partition coefficient (Wildman–Crippen LogP) is 2.08. The number of hydrogen-bond donors (Lipinski definition) is 2. The third-order valence-electron chi connectivity index (χ3n) is 4.25. The second kappa shape index (κ2) is 7.11. The van der Waals surface area contributed by atoms with E-state index >= 15 is 0 Å². The molecule has 1 aromatic heterocycles. The summed E-state index contributed by atoms with van der Waals surface area (Å²) in [5.41, 5.74) is 1.36. The number of nitrogens with one attached hydrogen (secondary N) is 1. The molecule has 0 aliphatic carbocycles. The van der Waals surface area contributed by atoms with Gasteiger partial charge in [0.25, 0.3) is 0 Å². The zero-order valence-electron chi connectivity index (χ0n) is 13.6. The molecular formula is C16H19F3N4O2. The Morgan fingerprint density at radius 2 is 2.24 bits per heavy atom. The average Bonchev–Trinajstić information content (AvgIpc) is 3.21. The van der Waals surface area contributed by atoms with Crippen LogP contribution in [0.25, 0.3) is 11.4 Å². The maximum absolute atomic E-state index is 12.6. The summed E-state index contributed by atoms with van der Waals surface area (Å²) in [6.45, 7) is 2.13. The van der Waals surface area contributed by atoms with Crippen molar-refractivity contribution in [2.24, 2.45) is 0 Å². The summed E-state index contributed by atoms with van der Waals surface area (Å²) in [5.74, 6) is -1.45. The van der Waals surface area contributed by atoms with Crippen LogP contribution in [-0.2, 0) is 6.18 Å². The molecular weight excluding hydrogens is 337 g/mol. The first-order valence-electron chi connectivity index (χ1n) is 7.95. The van der Waals surface area contributed by atoms with Gasteiger partial charge in [0.05, 0.1) is 6.10 Å². The number of halogens is 3. The van der Waals surface area contributed by atoms with E-state index in [1.54, 1.807) is 18.2 Å². The SMILES string of the molecule is CN[C@@H](CN1CC[C@H](O)C1)c1cccc(-c2noc(C(F)(F)F)n2)c1. The van der Waals surface area contributed by atoms with Gasteiger partial charge in [0.1, 0.15) is 0 Å². The third kappa shape index (κ3) is 4.17. The number of aliphatic hydroxyl groups is 1. The molecule has 0 radical (unpaired) electrons. The summed E-state index contributed by atoms with van der Waals surface area (Å²) in [4.78, 5) is 5.57. The minimum absolute atomic E-state index is 0.0285. The Hall–Kier alpha value is -1.97. The van der Waals surface area contributed by atoms with Crippen molar-refractivity contribution in [1.29, 1.82) is 0 Å². The number of benzene rings is 1. The van der Waals surface area contributed by atoms with Crippen molar-refractivity contribution in [2.75, 3.05) is 26.7 Å². The lowest BCUT2D eigenvalue weighted by Crippen LogP contribution is -2.33. The van der Waals surface area contributed by atoms with E-state index in [0.717, 1.165) is 18.5 Å². The van der Waals surface area contributed by atoms with Crippen molar-refractivity contribution in [1.82, 2.24) is 20.4 Å². The molecule has 2 heterocycles. The Morgan fingerprint density at radius 3 is 2.84 bits per heavy atom. The van der Waals surface area contributed by atoms with Gasteiger partial charge in [-0.25, -0.2) is 0 Å². The topological polar surface area (TPSA) is 74.4 Å². The van der Waals surface area contributed by atoms with Gasteiger partial charge in [0.2, 0.25) is 5.82 Å². The molecule has 2 aromatic rings. The van der Waals surface area contributed by atoms with Crippen LogP contribution < -0.4 is 5.32 Å². The van der Waals surface area contributed by atoms with Crippen LogP contribution in [0.2, 0.25) is 0 Å². The van der Waals surface area contributed by atoms with E-state index in [9.17, 15) is 18.3 Å². The lowest BCUT2D eigenvalue weighted by molar-refractivity contribution is -0.159. The minimum atomic E-state index is -4.66. The van der Waals surface area contributed by atoms with Gasteiger partial charge in [0, 0.05) is 31.2 Å². The fraction of sp³-hybridized carbons (Fsp3) is 0.500. The van der Waals surface area contributed by atoms with Crippen molar-refractivity contribution in [3.8, 4) is 11.4 Å². The Bertz CT molecular complexity index is 719. The molecule has 6 nitrogen and oxygen atoms in total. The number of alkyl halides is 3. The Balaban J connectivity index is 1.79. The quantitative estimate of drug-likeness (QED) is 0.855. The molecule has 1 aliphatic rings. The van der Waals surface area contributed by atoms with Gasteiger partial charge in [-0.2, -0.15) is 18.2 Å². The molecule has 0 saturated carbocycles. The number of nitrogens with zero attached hydrogens (tertiary/aromatic N) is 3. The highest BCUT2D eigenvalue weighted by atomic mass is 19.4. The van der Waals surface area contributed by atoms with Crippen LogP contribution in [0.1, 0.15) is 23.9 Å². The van der Waals surface area contributed by atoms with Gasteiger partial charge < -0.3 is 14.9 Å². The number of rotatable bonds is 5. The lowest BCUT2D eigenvalue weighted by Gasteiger charge is -2.23. The highest BCUT2D eigenvalue weighted by Crippen LogP contribution is 2.30. The van der Waals surface area contributed by atoms with E-state index in [2.05, 4.69) is 24.9 Å². The summed E-state index contributed by atoms with van der Waals surface area (Å²) in [7, 11) is 1.82. The van der Waals surface area contributed by atoms with Gasteiger partial charge in [-0.3, -0.25) is 4.90 Å². The molecule has 0 bridgehead atoms. The molecule has 136 valence electrons. The number of likely N-dealkylation sites (tertiary alicyclic amines) is 1. The molecule has 1 aromatic carbocycles. The van der Waals surface area contributed by atoms with Crippen LogP contribution in [0.4, 0.5) is 13.2 Å². The highest BCUT2D eigenvalue weighted by molar-refractivity contribution is 5.55. The largest absolute Gasteiger partial charge is 0.471 e. The van der Waals surface area contributed by atoms with Crippen molar-refractivity contribution < 1.29 is 22.8 Å². The van der Waals surface area contributed by atoms with E-state index in [1.807, 2.05) is 13.1 Å². The van der Waals surface area contributed by atoms with Crippen LogP contribution in [0.15, 0.2) is 28.8 Å². The summed E-state index contributed by atoms with van der Waals surface area (Å²) in [5, 5.41) is 16.3. The van der Waals surface area contributed by atoms with Crippen LogP contribution in [0, 0.1) is 0 Å². The Kier molecular flexibility index (Phi) is 5.07. The molecule has 25 heavy (non-hydrogen) atoms. The molecule has 0 amide bonds. The third-order valence-corrected chi connectivity index (χ3v) is 4.25. The molecule has 1 aliphatic heterocycles. The second-order valence-corrected chi connectivity index (χ2v) is 6.09. The van der Waals surface area contributed by atoms with Gasteiger partial charge in [-0.15, -0.1) is 0 Å². The van der Waals surface area contributed by atoms with Gasteiger partial charge in [0.15, 0.2) is 0 Å². The van der Waals surface area contributed by atoms with Crippen LogP contribution in [0.5, 0.6) is 0 Å². The standard InChI is InChI=1S/C16H19F3N4O2/c1-20-13(9-23-6-5-12(24)8-23)10-3-2-4-11(7-10)14-21-15(25-22-14)16(17,18)19/h2-4,7,12-13,20,24H,5-6,8-9H2,1H3/t12-,13-/m0/s1. The number of hydrogen-bond acceptors (Lipinski definition) is 6. The summed E-state index contributed by atoms with van der Waals surface area (Å²) < 4.78 is 42.1. The van der Waals surface area contributed by atoms with Crippen molar-refractivity contribution >= 4 is 0 Å². The van der Waals surface area contributed by atoms with E-state index in [4.69, 9.17) is 0 Å². The fourth-order valence-corrected chi connectivity index (χ4v) is 2.95. The predicted molar refractivity (Wildman–Crippen MR) is 83.6 cm³/mol. The van der Waals surface area contributed by atoms with Crippen molar-refractivity contribution in [3.63, 3.8) is 0 Å². The number of aliphatic hydroxyl groups excluding tert-OH is 1. The Labute approximate surface area is 142 Å². The maximum Gasteiger partial charge on any atom is 0.471 e. The molecule has 0 unspecified atom stereocenters. The van der Waals surface area contributed by atoms with E-state index in [-0.39, 0.29) is 18.0 Å². The zero-order valence-corrected chi connectivity index (χ0v) is 13.6. The van der Waals surface area contributed by atoms with Crippen molar-refractivity contribution in [3.05, 3.63) is 35.7 Å². The summed E-state index contributed by atoms with van der Waals surface area (Å²) in [6, 6.07) is 7.00. The van der Waals surface area contributed by atoms with Crippen molar-refractivity contribution in [2.45, 2.75) is 24.7 Å². The number of β-amino-alcohol motifs (C(OH)–C–C–N with tert-alkyl or cyclic N) is 1. The lowest BCUT2D eigenvalue weighted by atomic mass is 10.0. The fourth-order valence-electron chi connectivity index (χ4n) is 2.95. The van der Waals surface area contributed by atoms with Gasteiger partial charge in [-0.1, -0.05) is 23.4 Å². The molecule has 0 spiro atoms. The molecule has 2 atom stereocenters. The van der Waals surface area contributed by atoms with Gasteiger partial charge >= 0.3 is 12.1 Å². The van der Waals surface area contributed by atoms with Crippen LogP contribution in [0.3, 0.4) is 0 Å². The minimum Gasteiger partial charge on any atom is -0.392 e. The first kappa shape index (κ1) is 17.8. The smallest absolute Gasteiger partial charge is 0.392 e. The highest BCUT2D eigenvalue weighted by Gasteiger charge is 2.38. The molecule has 1 saturated heterocycles.